The molecule has 2 aromatic carbocycles. The van der Waals surface area contributed by atoms with Gasteiger partial charge in [0.25, 0.3) is 15.6 Å². The standard InChI is InChI=1S/C31H28N6O5S2/c1-20-8-10-22(11-9-20)44(41,42)37-28(21-17-33-36(3)18-21)16-25-26(19-35(2)31(38)30(25)37)24-15-23(43(4,39)40)12-13-27(24)34-29-7-5-6-14-32-29/h5-19H,1-4H3,(H,32,34). The van der Waals surface area contributed by atoms with Crippen LogP contribution in [0, 0.1) is 6.92 Å². The molecule has 0 aliphatic carbocycles. The minimum absolute atomic E-state index is 0.00905. The van der Waals surface area contributed by atoms with Crippen molar-refractivity contribution in [3.63, 3.8) is 0 Å². The molecule has 0 fully saturated rings. The van der Waals surface area contributed by atoms with Crippen LogP contribution in [-0.4, -0.2) is 46.4 Å². The van der Waals surface area contributed by atoms with Crippen molar-refractivity contribution in [2.75, 3.05) is 11.6 Å². The van der Waals surface area contributed by atoms with Crippen molar-refractivity contribution < 1.29 is 16.8 Å². The summed E-state index contributed by atoms with van der Waals surface area (Å²) in [6.07, 6.45) is 7.49. The molecule has 0 amide bonds. The number of sulfone groups is 1. The summed E-state index contributed by atoms with van der Waals surface area (Å²) in [6, 6.07) is 18.0. The van der Waals surface area contributed by atoms with Crippen LogP contribution >= 0.6 is 0 Å². The van der Waals surface area contributed by atoms with E-state index in [1.807, 2.05) is 6.92 Å². The highest BCUT2D eigenvalue weighted by Crippen LogP contribution is 2.39. The van der Waals surface area contributed by atoms with Crippen LogP contribution in [-0.2, 0) is 34.0 Å². The summed E-state index contributed by atoms with van der Waals surface area (Å²) in [5.74, 6) is 0.512. The fraction of sp³-hybridized carbons (Fsp3) is 0.129. The molecule has 44 heavy (non-hydrogen) atoms. The summed E-state index contributed by atoms with van der Waals surface area (Å²) in [5, 5.41) is 7.78. The lowest BCUT2D eigenvalue weighted by Crippen LogP contribution is -2.23. The zero-order valence-corrected chi connectivity index (χ0v) is 25.9. The van der Waals surface area contributed by atoms with E-state index in [9.17, 15) is 21.6 Å². The third kappa shape index (κ3) is 5.09. The fourth-order valence-corrected chi connectivity index (χ4v) is 7.26. The number of hydrogen-bond acceptors (Lipinski definition) is 8. The molecule has 0 bridgehead atoms. The zero-order chi connectivity index (χ0) is 31.4. The first kappa shape index (κ1) is 29.1. The summed E-state index contributed by atoms with van der Waals surface area (Å²) in [6.45, 7) is 1.85. The highest BCUT2D eigenvalue weighted by Gasteiger charge is 2.29. The van der Waals surface area contributed by atoms with Gasteiger partial charge in [-0.25, -0.2) is 25.8 Å². The van der Waals surface area contributed by atoms with E-state index in [0.717, 1.165) is 15.8 Å². The van der Waals surface area contributed by atoms with E-state index in [2.05, 4.69) is 15.4 Å². The highest BCUT2D eigenvalue weighted by atomic mass is 32.2. The van der Waals surface area contributed by atoms with Crippen LogP contribution < -0.4 is 10.9 Å². The maximum Gasteiger partial charge on any atom is 0.275 e. The predicted octanol–water partition coefficient (Wildman–Crippen LogP) is 4.50. The summed E-state index contributed by atoms with van der Waals surface area (Å²) in [7, 11) is -4.68. The van der Waals surface area contributed by atoms with Gasteiger partial charge in [-0.05, 0) is 55.5 Å². The number of nitrogens with one attached hydrogen (secondary N) is 1. The van der Waals surface area contributed by atoms with Crippen LogP contribution in [0.1, 0.15) is 5.56 Å². The van der Waals surface area contributed by atoms with Crippen LogP contribution in [0.15, 0.2) is 106 Å². The van der Waals surface area contributed by atoms with Gasteiger partial charge in [-0.1, -0.05) is 23.8 Å². The molecule has 0 unspecified atom stereocenters. The molecule has 0 saturated heterocycles. The summed E-state index contributed by atoms with van der Waals surface area (Å²) < 4.78 is 57.8. The van der Waals surface area contributed by atoms with Gasteiger partial charge in [0, 0.05) is 66.7 Å². The quantitative estimate of drug-likeness (QED) is 0.273. The first-order valence-electron chi connectivity index (χ1n) is 13.4. The van der Waals surface area contributed by atoms with E-state index >= 15 is 0 Å². The molecule has 13 heteroatoms. The SMILES string of the molecule is Cc1ccc(S(=O)(=O)n2c(-c3cnn(C)c3)cc3c(-c4cc(S(C)(=O)=O)ccc4Nc4ccccn4)cn(C)c(=O)c32)cc1. The Morgan fingerprint density at radius 3 is 2.20 bits per heavy atom. The molecular weight excluding hydrogens is 601 g/mol. The number of aromatic nitrogens is 5. The van der Waals surface area contributed by atoms with Gasteiger partial charge in [0.1, 0.15) is 11.3 Å². The van der Waals surface area contributed by atoms with Gasteiger partial charge in [0.05, 0.1) is 21.7 Å². The molecule has 6 rings (SSSR count). The van der Waals surface area contributed by atoms with Gasteiger partial charge in [-0.2, -0.15) is 5.10 Å². The van der Waals surface area contributed by atoms with Crippen molar-refractivity contribution >= 4 is 42.3 Å². The number of rotatable bonds is 7. The third-order valence-electron chi connectivity index (χ3n) is 7.29. The maximum absolute atomic E-state index is 14.3. The Labute approximate surface area is 254 Å². The van der Waals surface area contributed by atoms with E-state index < -0.39 is 25.4 Å². The van der Waals surface area contributed by atoms with Gasteiger partial charge in [0.2, 0.25) is 0 Å². The lowest BCUT2D eigenvalue weighted by Gasteiger charge is -2.16. The first-order valence-corrected chi connectivity index (χ1v) is 16.8. The van der Waals surface area contributed by atoms with E-state index in [1.165, 1.54) is 42.1 Å². The van der Waals surface area contributed by atoms with E-state index in [0.29, 0.717) is 33.6 Å². The second kappa shape index (κ2) is 10.6. The van der Waals surface area contributed by atoms with Gasteiger partial charge < -0.3 is 9.88 Å². The molecule has 224 valence electrons. The van der Waals surface area contributed by atoms with Crippen LogP contribution in [0.4, 0.5) is 11.5 Å². The summed E-state index contributed by atoms with van der Waals surface area (Å²) in [5.41, 5.74) is 2.33. The lowest BCUT2D eigenvalue weighted by molar-refractivity contribution is 0.589. The van der Waals surface area contributed by atoms with Gasteiger partial charge in [-0.3, -0.25) is 9.48 Å². The topological polar surface area (TPSA) is 138 Å². The molecule has 11 nitrogen and oxygen atoms in total. The minimum Gasteiger partial charge on any atom is -0.340 e. The van der Waals surface area contributed by atoms with Gasteiger partial charge in [0.15, 0.2) is 9.84 Å². The molecule has 0 aliphatic rings. The molecule has 1 N–H and O–H groups in total. The summed E-state index contributed by atoms with van der Waals surface area (Å²) in [4.78, 5) is 18.2. The third-order valence-corrected chi connectivity index (χ3v) is 10.1. The number of hydrogen-bond donors (Lipinski definition) is 1. The molecule has 0 atom stereocenters. The average molecular weight is 629 g/mol. The molecule has 0 saturated carbocycles. The first-order chi connectivity index (χ1) is 20.8. The van der Waals surface area contributed by atoms with Crippen LogP contribution in [0.25, 0.3) is 33.3 Å². The largest absolute Gasteiger partial charge is 0.340 e. The molecule has 4 heterocycles. The molecular formula is C31H28N6O5S2. The Bertz CT molecular complexity index is 2340. The highest BCUT2D eigenvalue weighted by molar-refractivity contribution is 7.90. The van der Waals surface area contributed by atoms with Crippen molar-refractivity contribution in [2.24, 2.45) is 14.1 Å². The van der Waals surface area contributed by atoms with Crippen molar-refractivity contribution in [1.29, 1.82) is 0 Å². The van der Waals surface area contributed by atoms with E-state index in [-0.39, 0.29) is 21.0 Å². The lowest BCUT2D eigenvalue weighted by atomic mass is 10.0. The molecule has 0 spiro atoms. The van der Waals surface area contributed by atoms with Crippen molar-refractivity contribution in [2.45, 2.75) is 16.7 Å². The van der Waals surface area contributed by atoms with Crippen molar-refractivity contribution in [1.82, 2.24) is 23.3 Å². The molecule has 6 aromatic rings. The summed E-state index contributed by atoms with van der Waals surface area (Å²) >= 11 is 0. The number of pyridine rings is 2. The smallest absolute Gasteiger partial charge is 0.275 e. The van der Waals surface area contributed by atoms with Crippen molar-refractivity contribution in [3.05, 3.63) is 107 Å². The monoisotopic (exact) mass is 628 g/mol. The Morgan fingerprint density at radius 1 is 0.841 bits per heavy atom. The Kier molecular flexibility index (Phi) is 7.01. The number of benzene rings is 2. The fourth-order valence-electron chi connectivity index (χ4n) is 5.08. The Hall–Kier alpha value is -5.01. The Balaban J connectivity index is 1.73. The van der Waals surface area contributed by atoms with E-state index in [4.69, 9.17) is 0 Å². The van der Waals surface area contributed by atoms with Crippen LogP contribution in [0.3, 0.4) is 0 Å². The van der Waals surface area contributed by atoms with Crippen LogP contribution in [0.5, 0.6) is 0 Å². The van der Waals surface area contributed by atoms with Crippen molar-refractivity contribution in [3.8, 4) is 22.4 Å². The second-order valence-electron chi connectivity index (χ2n) is 10.6. The average Bonchev–Trinajstić information content (AvgIpc) is 3.60. The van der Waals surface area contributed by atoms with Crippen LogP contribution in [0.2, 0.25) is 0 Å². The molecule has 4 aromatic heterocycles. The number of nitrogens with zero attached hydrogens (tertiary/aromatic N) is 5. The minimum atomic E-state index is -4.29. The van der Waals surface area contributed by atoms with E-state index in [1.54, 1.807) is 72.8 Å². The predicted molar refractivity (Wildman–Crippen MR) is 169 cm³/mol. The maximum atomic E-state index is 14.3. The normalized spacial score (nSPS) is 12.1. The molecule has 0 aliphatic heterocycles. The van der Waals surface area contributed by atoms with Gasteiger partial charge >= 0.3 is 0 Å². The number of aryl methyl sites for hydroxylation is 3. The van der Waals surface area contributed by atoms with Gasteiger partial charge in [-0.15, -0.1) is 0 Å². The number of fused-ring (bicyclic) bond motifs is 1. The zero-order valence-electron chi connectivity index (χ0n) is 24.3. The second-order valence-corrected chi connectivity index (χ2v) is 14.4. The molecule has 0 radical (unpaired) electrons. The Morgan fingerprint density at radius 2 is 1.57 bits per heavy atom. The number of anilines is 2.